The number of nitrogens with zero attached hydrogens (tertiary/aromatic N) is 1. The molecule has 1 aliphatic rings. The normalized spacial score (nSPS) is 15.2. The molecule has 2 amide bonds. The molecular formula is C28H26N4O2S2. The fourth-order valence-corrected chi connectivity index (χ4v) is 5.74. The summed E-state index contributed by atoms with van der Waals surface area (Å²) in [6, 6.07) is 21.3. The van der Waals surface area contributed by atoms with Gasteiger partial charge >= 0.3 is 0 Å². The molecule has 0 bridgehead atoms. The summed E-state index contributed by atoms with van der Waals surface area (Å²) in [4.78, 5) is 27.1. The molecule has 182 valence electrons. The molecule has 3 aromatic rings. The quantitative estimate of drug-likeness (QED) is 0.356. The SMILES string of the molecule is CC1=C(C(=O)Nc2ccccc2C)[C@H](c2cccs2)C(C#N)=C(SCC(=O)Nc2ccccc2C)N1. The standard InChI is InChI=1S/C28H26N4O2S2/c1-17-9-4-6-11-21(17)31-24(33)16-36-28-20(15-29)26(23-13-8-14-35-23)25(19(3)30-28)27(34)32-22-12-7-5-10-18(22)2/h4-14,26,30H,16H2,1-3H3,(H,31,33)(H,32,34)/t26-/m0/s1. The van der Waals surface area contributed by atoms with Crippen molar-refractivity contribution >= 4 is 46.3 Å². The first kappa shape index (κ1) is 25.3. The average molecular weight is 515 g/mol. The first-order chi connectivity index (χ1) is 17.4. The highest BCUT2D eigenvalue weighted by Gasteiger charge is 2.35. The number of thiophene rings is 1. The Hall–Kier alpha value is -3.80. The zero-order valence-electron chi connectivity index (χ0n) is 20.2. The van der Waals surface area contributed by atoms with E-state index in [1.165, 1.54) is 23.1 Å². The third kappa shape index (κ3) is 5.54. The highest BCUT2D eigenvalue weighted by molar-refractivity contribution is 8.03. The number of nitriles is 1. The molecule has 4 rings (SSSR count). The Morgan fingerprint density at radius 3 is 2.19 bits per heavy atom. The van der Waals surface area contributed by atoms with Crippen LogP contribution in [0.1, 0.15) is 28.8 Å². The molecule has 1 atom stereocenters. The molecule has 36 heavy (non-hydrogen) atoms. The highest BCUT2D eigenvalue weighted by Crippen LogP contribution is 2.42. The minimum Gasteiger partial charge on any atom is -0.353 e. The average Bonchev–Trinajstić information content (AvgIpc) is 3.39. The van der Waals surface area contributed by atoms with E-state index in [1.54, 1.807) is 0 Å². The lowest BCUT2D eigenvalue weighted by Gasteiger charge is -2.29. The first-order valence-electron chi connectivity index (χ1n) is 11.4. The number of allylic oxidation sites excluding steroid dienone is 2. The van der Waals surface area contributed by atoms with Crippen LogP contribution in [0.4, 0.5) is 11.4 Å². The molecule has 0 spiro atoms. The topological polar surface area (TPSA) is 94.0 Å². The summed E-state index contributed by atoms with van der Waals surface area (Å²) in [5, 5.41) is 21.9. The fraction of sp³-hybridized carbons (Fsp3) is 0.179. The number of amides is 2. The van der Waals surface area contributed by atoms with Crippen molar-refractivity contribution in [2.45, 2.75) is 26.7 Å². The Morgan fingerprint density at radius 2 is 1.61 bits per heavy atom. The molecule has 1 aliphatic heterocycles. The number of nitrogens with one attached hydrogen (secondary N) is 3. The Bertz CT molecular complexity index is 1400. The summed E-state index contributed by atoms with van der Waals surface area (Å²) in [5.74, 6) is -0.834. The molecule has 8 heteroatoms. The van der Waals surface area contributed by atoms with Gasteiger partial charge in [0.15, 0.2) is 0 Å². The maximum absolute atomic E-state index is 13.5. The largest absolute Gasteiger partial charge is 0.353 e. The van der Waals surface area contributed by atoms with Gasteiger partial charge in [0.25, 0.3) is 5.91 Å². The fourth-order valence-electron chi connectivity index (χ4n) is 4.01. The lowest BCUT2D eigenvalue weighted by molar-refractivity contribution is -0.114. The van der Waals surface area contributed by atoms with Gasteiger partial charge in [0.05, 0.1) is 28.3 Å². The molecule has 0 unspecified atom stereocenters. The third-order valence-electron chi connectivity index (χ3n) is 5.88. The van der Waals surface area contributed by atoms with Crippen LogP contribution in [0.3, 0.4) is 0 Å². The number of carbonyl (C=O) groups is 2. The predicted octanol–water partition coefficient (Wildman–Crippen LogP) is 6.07. The number of hydrogen-bond donors (Lipinski definition) is 3. The Labute approximate surface area is 219 Å². The zero-order valence-corrected chi connectivity index (χ0v) is 21.8. The first-order valence-corrected chi connectivity index (χ1v) is 13.3. The van der Waals surface area contributed by atoms with Crippen molar-refractivity contribution in [1.82, 2.24) is 5.32 Å². The van der Waals surface area contributed by atoms with E-state index < -0.39 is 5.92 Å². The van der Waals surface area contributed by atoms with Gasteiger partial charge in [-0.3, -0.25) is 9.59 Å². The van der Waals surface area contributed by atoms with Gasteiger partial charge in [0.2, 0.25) is 5.91 Å². The number of aryl methyl sites for hydroxylation is 2. The van der Waals surface area contributed by atoms with Gasteiger partial charge in [-0.05, 0) is 55.5 Å². The van der Waals surface area contributed by atoms with E-state index in [0.29, 0.717) is 21.9 Å². The lowest BCUT2D eigenvalue weighted by atomic mass is 9.86. The van der Waals surface area contributed by atoms with Crippen molar-refractivity contribution in [1.29, 1.82) is 5.26 Å². The molecule has 0 radical (unpaired) electrons. The van der Waals surface area contributed by atoms with Gasteiger partial charge in [-0.25, -0.2) is 0 Å². The summed E-state index contributed by atoms with van der Waals surface area (Å²) in [6.07, 6.45) is 0. The number of benzene rings is 2. The molecule has 2 aromatic carbocycles. The molecule has 0 saturated heterocycles. The Kier molecular flexibility index (Phi) is 7.93. The highest BCUT2D eigenvalue weighted by atomic mass is 32.2. The maximum Gasteiger partial charge on any atom is 0.254 e. The summed E-state index contributed by atoms with van der Waals surface area (Å²) in [5.41, 5.74) is 4.98. The smallest absolute Gasteiger partial charge is 0.254 e. The molecule has 1 aromatic heterocycles. The van der Waals surface area contributed by atoms with Crippen molar-refractivity contribution < 1.29 is 9.59 Å². The van der Waals surface area contributed by atoms with Gasteiger partial charge in [-0.1, -0.05) is 54.2 Å². The van der Waals surface area contributed by atoms with Crippen molar-refractivity contribution in [3.05, 3.63) is 104 Å². The van der Waals surface area contributed by atoms with Crippen LogP contribution < -0.4 is 16.0 Å². The summed E-state index contributed by atoms with van der Waals surface area (Å²) >= 11 is 2.76. The Morgan fingerprint density at radius 1 is 0.972 bits per heavy atom. The van der Waals surface area contributed by atoms with Crippen LogP contribution in [-0.4, -0.2) is 17.6 Å². The number of thioether (sulfide) groups is 1. The number of anilines is 2. The third-order valence-corrected chi connectivity index (χ3v) is 7.83. The second-order valence-corrected chi connectivity index (χ2v) is 10.4. The molecular weight excluding hydrogens is 488 g/mol. The van der Waals surface area contributed by atoms with Crippen molar-refractivity contribution in [2.24, 2.45) is 0 Å². The van der Waals surface area contributed by atoms with Crippen LogP contribution >= 0.6 is 23.1 Å². The van der Waals surface area contributed by atoms with E-state index >= 15 is 0 Å². The molecule has 0 fully saturated rings. The maximum atomic E-state index is 13.5. The van der Waals surface area contributed by atoms with Crippen LogP contribution in [0.2, 0.25) is 0 Å². The zero-order chi connectivity index (χ0) is 25.7. The van der Waals surface area contributed by atoms with Crippen molar-refractivity contribution in [2.75, 3.05) is 16.4 Å². The lowest BCUT2D eigenvalue weighted by Crippen LogP contribution is -2.31. The number of para-hydroxylation sites is 2. The predicted molar refractivity (Wildman–Crippen MR) is 148 cm³/mol. The van der Waals surface area contributed by atoms with E-state index in [0.717, 1.165) is 27.4 Å². The van der Waals surface area contributed by atoms with Crippen molar-refractivity contribution in [3.63, 3.8) is 0 Å². The summed E-state index contributed by atoms with van der Waals surface area (Å²) < 4.78 is 0. The number of carbonyl (C=O) groups excluding carboxylic acids is 2. The van der Waals surface area contributed by atoms with Gasteiger partial charge in [0, 0.05) is 27.5 Å². The molecule has 0 aliphatic carbocycles. The molecule has 6 nitrogen and oxygen atoms in total. The van der Waals surface area contributed by atoms with Gasteiger partial charge in [-0.2, -0.15) is 5.26 Å². The second kappa shape index (κ2) is 11.3. The van der Waals surface area contributed by atoms with E-state index in [-0.39, 0.29) is 17.6 Å². The van der Waals surface area contributed by atoms with Crippen LogP contribution in [0.25, 0.3) is 0 Å². The Balaban J connectivity index is 1.60. The van der Waals surface area contributed by atoms with E-state index in [9.17, 15) is 14.9 Å². The second-order valence-electron chi connectivity index (χ2n) is 8.39. The number of rotatable bonds is 7. The minimum atomic E-state index is -0.526. The molecule has 2 heterocycles. The van der Waals surface area contributed by atoms with Crippen LogP contribution in [0.15, 0.2) is 87.9 Å². The van der Waals surface area contributed by atoms with Crippen LogP contribution in [0, 0.1) is 25.2 Å². The minimum absolute atomic E-state index is 0.122. The van der Waals surface area contributed by atoms with E-state index in [2.05, 4.69) is 22.0 Å². The summed E-state index contributed by atoms with van der Waals surface area (Å²) in [6.45, 7) is 5.70. The van der Waals surface area contributed by atoms with E-state index in [4.69, 9.17) is 0 Å². The molecule has 0 saturated carbocycles. The molecule has 3 N–H and O–H groups in total. The summed E-state index contributed by atoms with van der Waals surface area (Å²) in [7, 11) is 0. The van der Waals surface area contributed by atoms with Gasteiger partial charge in [0.1, 0.15) is 0 Å². The number of hydrogen-bond acceptors (Lipinski definition) is 6. The number of dihydropyridines is 1. The van der Waals surface area contributed by atoms with E-state index in [1.807, 2.05) is 86.8 Å². The van der Waals surface area contributed by atoms with Gasteiger partial charge in [-0.15, -0.1) is 11.3 Å². The van der Waals surface area contributed by atoms with Crippen LogP contribution in [0.5, 0.6) is 0 Å². The van der Waals surface area contributed by atoms with Gasteiger partial charge < -0.3 is 16.0 Å². The van der Waals surface area contributed by atoms with Crippen LogP contribution in [-0.2, 0) is 9.59 Å². The van der Waals surface area contributed by atoms with Crippen molar-refractivity contribution in [3.8, 4) is 6.07 Å². The monoisotopic (exact) mass is 514 g/mol.